The van der Waals surface area contributed by atoms with E-state index in [4.69, 9.17) is 0 Å². The van der Waals surface area contributed by atoms with Crippen LogP contribution in [0.1, 0.15) is 0 Å². The van der Waals surface area contributed by atoms with Crippen molar-refractivity contribution in [2.24, 2.45) is 0 Å². The molecule has 0 aliphatic carbocycles. The molecule has 0 saturated heterocycles. The molecule has 0 aliphatic rings. The van der Waals surface area contributed by atoms with Gasteiger partial charge in [0.2, 0.25) is 0 Å². The number of nitrogens with zero attached hydrogens (tertiary/aromatic N) is 6. The molecule has 0 aliphatic heterocycles. The van der Waals surface area contributed by atoms with E-state index in [-0.39, 0.29) is 17.1 Å². The first-order valence-electron chi connectivity index (χ1n) is 21.7. The lowest BCUT2D eigenvalue weighted by atomic mass is 10.1. The fourth-order valence-corrected chi connectivity index (χ4v) is 9.40. The maximum absolute atomic E-state index is 15.0. The van der Waals surface area contributed by atoms with Crippen LogP contribution in [0.15, 0.2) is 245 Å². The Kier molecular flexibility index (Phi) is 9.06. The lowest BCUT2D eigenvalue weighted by Gasteiger charge is -2.09. The number of benzene rings is 9. The van der Waals surface area contributed by atoms with Crippen molar-refractivity contribution in [2.75, 3.05) is 0 Å². The second-order valence-corrected chi connectivity index (χ2v) is 16.2. The van der Waals surface area contributed by atoms with Crippen LogP contribution in [0.5, 0.6) is 0 Å². The van der Waals surface area contributed by atoms with Crippen LogP contribution < -0.4 is 17.1 Å². The molecule has 0 spiro atoms. The summed E-state index contributed by atoms with van der Waals surface area (Å²) in [5.74, 6) is 0. The van der Waals surface area contributed by atoms with Gasteiger partial charge in [-0.2, -0.15) is 0 Å². The lowest BCUT2D eigenvalue weighted by Crippen LogP contribution is -2.24. The minimum atomic E-state index is -0.300. The monoisotopic (exact) mass is 854 g/mol. The number of rotatable bonds is 8. The summed E-state index contributed by atoms with van der Waals surface area (Å²) in [5, 5.41) is 0. The third kappa shape index (κ3) is 6.21. The van der Waals surface area contributed by atoms with E-state index < -0.39 is 0 Å². The van der Waals surface area contributed by atoms with E-state index in [1.54, 1.807) is 27.4 Å². The molecular formula is C57H38N6O3. The van der Waals surface area contributed by atoms with Crippen LogP contribution in [0.4, 0.5) is 0 Å². The van der Waals surface area contributed by atoms with Gasteiger partial charge in [-0.25, -0.2) is 14.4 Å². The SMILES string of the molecule is O=c1n(-c2cccc(-c3ccccc3)c2)c2ccccc2n1-c1cccc(-n2c(=O)n(-c3cccc(-n4c(=O)n(-c5cccc(-c6ccccc6)c5)c5ccccc54)c3)c3ccccc32)c1. The lowest BCUT2D eigenvalue weighted by molar-refractivity contribution is 0.908. The Bertz CT molecular complexity index is 3760. The molecule has 0 fully saturated rings. The van der Waals surface area contributed by atoms with Crippen molar-refractivity contribution < 1.29 is 0 Å². The standard InChI is InChI=1S/C57H38N6O3/c64-55-58(43-23-13-21-41(35-43)39-17-3-1-4-18-39)49-29-7-9-31-51(49)60(55)45-25-15-27-47(37-45)62-53-33-11-12-34-54(53)63(57(62)66)48-28-16-26-46(38-48)61-52-32-10-8-30-50(52)59(56(61)65)44-24-14-22-42(36-44)40-19-5-2-6-20-40/h1-38H. The van der Waals surface area contributed by atoms with Gasteiger partial charge in [-0.05, 0) is 119 Å². The zero-order chi connectivity index (χ0) is 44.3. The summed E-state index contributed by atoms with van der Waals surface area (Å²) in [7, 11) is 0. The summed E-state index contributed by atoms with van der Waals surface area (Å²) in [5.41, 5.74) is 11.6. The predicted molar refractivity (Wildman–Crippen MR) is 265 cm³/mol. The summed E-state index contributed by atoms with van der Waals surface area (Å²) in [6.07, 6.45) is 0. The molecule has 12 rings (SSSR count). The number of fused-ring (bicyclic) bond motifs is 3. The van der Waals surface area contributed by atoms with Gasteiger partial charge in [0, 0.05) is 0 Å². The van der Waals surface area contributed by atoms with Gasteiger partial charge >= 0.3 is 17.1 Å². The Morgan fingerprint density at radius 2 is 0.409 bits per heavy atom. The minimum Gasteiger partial charge on any atom is -0.260 e. The highest BCUT2D eigenvalue weighted by molar-refractivity contribution is 5.84. The smallest absolute Gasteiger partial charge is 0.260 e. The van der Waals surface area contributed by atoms with E-state index >= 15 is 4.79 Å². The molecule has 0 radical (unpaired) electrons. The number of hydrogen-bond donors (Lipinski definition) is 0. The first-order valence-corrected chi connectivity index (χ1v) is 21.7. The minimum absolute atomic E-state index is 0.231. The highest BCUT2D eigenvalue weighted by Gasteiger charge is 2.22. The first-order chi connectivity index (χ1) is 32.5. The summed E-state index contributed by atoms with van der Waals surface area (Å²) in [4.78, 5) is 44.4. The molecule has 3 aromatic heterocycles. The van der Waals surface area contributed by atoms with Gasteiger partial charge in [-0.15, -0.1) is 0 Å². The molecule has 0 unspecified atom stereocenters. The normalized spacial score (nSPS) is 11.5. The topological polar surface area (TPSA) is 80.8 Å². The van der Waals surface area contributed by atoms with Crippen LogP contribution in [-0.2, 0) is 0 Å². The summed E-state index contributed by atoms with van der Waals surface area (Å²) >= 11 is 0. The van der Waals surface area contributed by atoms with Gasteiger partial charge in [-0.3, -0.25) is 27.4 Å². The number of imidazole rings is 3. The molecule has 0 N–H and O–H groups in total. The molecule has 9 heteroatoms. The highest BCUT2D eigenvalue weighted by atomic mass is 16.2. The zero-order valence-corrected chi connectivity index (χ0v) is 35.3. The van der Waals surface area contributed by atoms with Gasteiger partial charge in [0.1, 0.15) is 0 Å². The highest BCUT2D eigenvalue weighted by Crippen LogP contribution is 2.30. The van der Waals surface area contributed by atoms with Crippen molar-refractivity contribution in [3.63, 3.8) is 0 Å². The van der Waals surface area contributed by atoms with Crippen LogP contribution >= 0.6 is 0 Å². The van der Waals surface area contributed by atoms with E-state index in [1.807, 2.05) is 206 Å². The van der Waals surface area contributed by atoms with Crippen LogP contribution in [0.2, 0.25) is 0 Å². The van der Waals surface area contributed by atoms with Crippen molar-refractivity contribution in [3.05, 3.63) is 262 Å². The van der Waals surface area contributed by atoms with E-state index in [1.165, 1.54) is 0 Å². The van der Waals surface area contributed by atoms with Crippen molar-refractivity contribution in [1.29, 1.82) is 0 Å². The second kappa shape index (κ2) is 15.5. The van der Waals surface area contributed by atoms with Crippen molar-refractivity contribution >= 4 is 33.1 Å². The van der Waals surface area contributed by atoms with Crippen LogP contribution in [0.25, 0.3) is 89.5 Å². The molecule has 9 nitrogen and oxygen atoms in total. The average molecular weight is 855 g/mol. The van der Waals surface area contributed by atoms with Crippen LogP contribution in [0.3, 0.4) is 0 Å². The van der Waals surface area contributed by atoms with Crippen molar-refractivity contribution in [2.45, 2.75) is 0 Å². The van der Waals surface area contributed by atoms with Gasteiger partial charge < -0.3 is 0 Å². The molecule has 0 saturated carbocycles. The average Bonchev–Trinajstić information content (AvgIpc) is 3.97. The Labute approximate surface area is 377 Å². The molecular weight excluding hydrogens is 817 g/mol. The fourth-order valence-electron chi connectivity index (χ4n) is 9.40. The van der Waals surface area contributed by atoms with Crippen molar-refractivity contribution in [3.8, 4) is 56.4 Å². The molecule has 0 atom stereocenters. The first kappa shape index (κ1) is 38.5. The number of aromatic nitrogens is 6. The van der Waals surface area contributed by atoms with Gasteiger partial charge in [0.15, 0.2) is 0 Å². The molecule has 12 aromatic rings. The van der Waals surface area contributed by atoms with Gasteiger partial charge in [-0.1, -0.05) is 133 Å². The summed E-state index contributed by atoms with van der Waals surface area (Å²) in [6.45, 7) is 0. The zero-order valence-electron chi connectivity index (χ0n) is 35.3. The Hall–Kier alpha value is -9.21. The second-order valence-electron chi connectivity index (χ2n) is 16.2. The molecule has 0 amide bonds. The summed E-state index contributed by atoms with van der Waals surface area (Å²) < 4.78 is 10.2. The van der Waals surface area contributed by atoms with Crippen molar-refractivity contribution in [1.82, 2.24) is 27.4 Å². The largest absolute Gasteiger partial charge is 0.338 e. The maximum Gasteiger partial charge on any atom is 0.338 e. The van der Waals surface area contributed by atoms with E-state index in [0.29, 0.717) is 33.8 Å². The number of hydrogen-bond acceptors (Lipinski definition) is 3. The van der Waals surface area contributed by atoms with E-state index in [2.05, 4.69) is 24.3 Å². The quantitative estimate of drug-likeness (QED) is 0.153. The van der Waals surface area contributed by atoms with Gasteiger partial charge in [0.05, 0.1) is 67.2 Å². The molecule has 66 heavy (non-hydrogen) atoms. The van der Waals surface area contributed by atoms with E-state index in [9.17, 15) is 9.59 Å². The summed E-state index contributed by atoms with van der Waals surface area (Å²) in [6, 6.07) is 74.4. The Morgan fingerprint density at radius 1 is 0.197 bits per heavy atom. The van der Waals surface area contributed by atoms with Crippen LogP contribution in [0, 0.1) is 0 Å². The molecule has 9 aromatic carbocycles. The fraction of sp³-hybridized carbons (Fsp3) is 0. The van der Waals surface area contributed by atoms with Gasteiger partial charge in [0.25, 0.3) is 0 Å². The molecule has 0 bridgehead atoms. The maximum atomic E-state index is 15.0. The van der Waals surface area contributed by atoms with E-state index in [0.717, 1.165) is 55.7 Å². The molecule has 3 heterocycles. The predicted octanol–water partition coefficient (Wildman–Crippen LogP) is 11.3. The number of para-hydroxylation sites is 6. The third-order valence-electron chi connectivity index (χ3n) is 12.4. The molecule has 314 valence electrons. The third-order valence-corrected chi connectivity index (χ3v) is 12.4. The Morgan fingerprint density at radius 3 is 0.682 bits per heavy atom. The Balaban J connectivity index is 0.976. The van der Waals surface area contributed by atoms with Crippen LogP contribution in [-0.4, -0.2) is 27.4 Å².